The monoisotopic (exact) mass is 420 g/mol. The van der Waals surface area contributed by atoms with E-state index in [2.05, 4.69) is 12.6 Å². The molecule has 0 radical (unpaired) electrons. The Morgan fingerprint density at radius 1 is 1.25 bits per heavy atom. The van der Waals surface area contributed by atoms with Crippen molar-refractivity contribution in [1.82, 2.24) is 0 Å². The van der Waals surface area contributed by atoms with Crippen LogP contribution in [0.1, 0.15) is 26.2 Å². The summed E-state index contributed by atoms with van der Waals surface area (Å²) < 4.78 is 25.2. The molecule has 0 atom stereocenters. The molecule has 7 heteroatoms. The summed E-state index contributed by atoms with van der Waals surface area (Å²) in [6.45, 7) is 2.50. The van der Waals surface area contributed by atoms with Crippen molar-refractivity contribution in [2.75, 3.05) is 6.61 Å². The van der Waals surface area contributed by atoms with Crippen molar-refractivity contribution < 1.29 is 14.8 Å². The SMILES string of the molecule is CCCCCOP(=O)(OI)OI. The van der Waals surface area contributed by atoms with Gasteiger partial charge in [-0.15, -0.1) is 0 Å². The third-order valence-corrected chi connectivity index (χ3v) is 4.90. The lowest BCUT2D eigenvalue weighted by atomic mass is 10.3. The van der Waals surface area contributed by atoms with Crippen LogP contribution in [-0.2, 0) is 14.8 Å². The third-order valence-electron chi connectivity index (χ3n) is 1.17. The number of rotatable bonds is 7. The number of phosphoric acid groups is 1. The molecule has 0 N–H and O–H groups in total. The molecule has 0 aromatic rings. The molecule has 0 aromatic carbocycles. The Kier molecular flexibility index (Phi) is 8.96. The van der Waals surface area contributed by atoms with Crippen molar-refractivity contribution in [2.24, 2.45) is 0 Å². The molecule has 4 nitrogen and oxygen atoms in total. The van der Waals surface area contributed by atoms with Crippen LogP contribution in [0.5, 0.6) is 0 Å². The van der Waals surface area contributed by atoms with E-state index in [0.717, 1.165) is 19.3 Å². The first-order chi connectivity index (χ1) is 5.68. The Morgan fingerprint density at radius 3 is 2.25 bits per heavy atom. The highest BCUT2D eigenvalue weighted by Crippen LogP contribution is 2.53. The van der Waals surface area contributed by atoms with Gasteiger partial charge in [-0.2, -0.15) is 0 Å². The smallest absolute Gasteiger partial charge is 0.286 e. The Hall–Kier alpha value is 1.57. The van der Waals surface area contributed by atoms with E-state index in [1.54, 1.807) is 0 Å². The van der Waals surface area contributed by atoms with Crippen LogP contribution in [0.2, 0.25) is 0 Å². The van der Waals surface area contributed by atoms with Gasteiger partial charge in [0.1, 0.15) is 46.0 Å². The quantitative estimate of drug-likeness (QED) is 0.355. The standard InChI is InChI=1S/C5H11I2O4P/c1-2-3-4-5-9-12(8,10-6)11-7/h2-5H2,1H3. The predicted octanol–water partition coefficient (Wildman–Crippen LogP) is 4.03. The van der Waals surface area contributed by atoms with Crippen molar-refractivity contribution in [3.63, 3.8) is 0 Å². The van der Waals surface area contributed by atoms with E-state index in [4.69, 9.17) is 4.52 Å². The van der Waals surface area contributed by atoms with E-state index in [0.29, 0.717) is 6.61 Å². The van der Waals surface area contributed by atoms with Crippen molar-refractivity contribution in [3.8, 4) is 0 Å². The van der Waals surface area contributed by atoms with Crippen LogP contribution in [0.4, 0.5) is 0 Å². The Bertz CT molecular complexity index is 146. The number of hydrogen-bond donors (Lipinski definition) is 0. The Balaban J connectivity index is 3.52. The molecule has 0 heterocycles. The fourth-order valence-corrected chi connectivity index (χ4v) is 3.12. The fraction of sp³-hybridized carbons (Fsp3) is 1.00. The maximum atomic E-state index is 11.2. The highest BCUT2D eigenvalue weighted by atomic mass is 127. The summed E-state index contributed by atoms with van der Waals surface area (Å²) in [5, 5.41) is 0. The van der Waals surface area contributed by atoms with Gasteiger partial charge >= 0.3 is 7.82 Å². The summed E-state index contributed by atoms with van der Waals surface area (Å²) in [6.07, 6.45) is 3.03. The van der Waals surface area contributed by atoms with E-state index in [1.165, 1.54) is 46.0 Å². The van der Waals surface area contributed by atoms with Gasteiger partial charge in [0, 0.05) is 0 Å². The minimum absolute atomic E-state index is 0.414. The molecule has 0 fully saturated rings. The molecule has 0 unspecified atom stereocenters. The summed E-state index contributed by atoms with van der Waals surface area (Å²) in [6, 6.07) is 0. The lowest BCUT2D eigenvalue weighted by Gasteiger charge is -2.09. The maximum Gasteiger partial charge on any atom is 0.493 e. The first-order valence-corrected chi connectivity index (χ1v) is 6.76. The molecule has 0 amide bonds. The molecular weight excluding hydrogens is 409 g/mol. The Labute approximate surface area is 101 Å². The summed E-state index contributed by atoms with van der Waals surface area (Å²) in [5.74, 6) is 0. The summed E-state index contributed by atoms with van der Waals surface area (Å²) in [5.41, 5.74) is 0. The Morgan fingerprint density at radius 2 is 1.83 bits per heavy atom. The van der Waals surface area contributed by atoms with Gasteiger partial charge in [-0.3, -0.25) is 4.52 Å². The largest absolute Gasteiger partial charge is 0.493 e. The van der Waals surface area contributed by atoms with Gasteiger partial charge < -0.3 is 0 Å². The second-order valence-corrected chi connectivity index (χ2v) is 5.92. The molecule has 12 heavy (non-hydrogen) atoms. The molecule has 0 aliphatic rings. The van der Waals surface area contributed by atoms with Crippen LogP contribution >= 0.6 is 53.8 Å². The molecule has 0 aliphatic heterocycles. The minimum atomic E-state index is -3.25. The van der Waals surface area contributed by atoms with Gasteiger partial charge in [-0.25, -0.2) is 10.3 Å². The maximum absolute atomic E-state index is 11.2. The zero-order valence-electron chi connectivity index (χ0n) is 6.66. The molecule has 74 valence electrons. The minimum Gasteiger partial charge on any atom is -0.286 e. The highest BCUT2D eigenvalue weighted by Gasteiger charge is 2.24. The molecule has 0 saturated carbocycles. The number of hydrogen-bond acceptors (Lipinski definition) is 4. The summed E-state index contributed by atoms with van der Waals surface area (Å²) >= 11 is 3.02. The first kappa shape index (κ1) is 13.6. The van der Waals surface area contributed by atoms with Gasteiger partial charge in [-0.1, -0.05) is 19.8 Å². The second kappa shape index (κ2) is 7.93. The molecule has 0 aliphatic carbocycles. The van der Waals surface area contributed by atoms with Crippen LogP contribution in [0.15, 0.2) is 0 Å². The fourth-order valence-electron chi connectivity index (χ4n) is 0.579. The van der Waals surface area contributed by atoms with Gasteiger partial charge in [-0.05, 0) is 6.42 Å². The second-order valence-electron chi connectivity index (χ2n) is 2.13. The van der Waals surface area contributed by atoms with Gasteiger partial charge in [0.05, 0.1) is 6.61 Å². The molecule has 0 rings (SSSR count). The van der Waals surface area contributed by atoms with Crippen LogP contribution in [0.3, 0.4) is 0 Å². The topological polar surface area (TPSA) is 44.8 Å². The zero-order valence-corrected chi connectivity index (χ0v) is 11.9. The lowest BCUT2D eigenvalue weighted by molar-refractivity contribution is 0.236. The summed E-state index contributed by atoms with van der Waals surface area (Å²) in [7, 11) is -3.25. The predicted molar refractivity (Wildman–Crippen MR) is 63.3 cm³/mol. The molecule has 0 aromatic heterocycles. The average molecular weight is 420 g/mol. The normalized spacial score (nSPS) is 11.9. The lowest BCUT2D eigenvalue weighted by Crippen LogP contribution is -1.92. The van der Waals surface area contributed by atoms with E-state index >= 15 is 0 Å². The van der Waals surface area contributed by atoms with Crippen molar-refractivity contribution in [1.29, 1.82) is 0 Å². The molecule has 0 spiro atoms. The van der Waals surface area contributed by atoms with Gasteiger partial charge in [0.25, 0.3) is 0 Å². The van der Waals surface area contributed by atoms with E-state index < -0.39 is 7.82 Å². The first-order valence-electron chi connectivity index (χ1n) is 3.53. The van der Waals surface area contributed by atoms with Gasteiger partial charge in [0.2, 0.25) is 0 Å². The van der Waals surface area contributed by atoms with Crippen LogP contribution < -0.4 is 0 Å². The van der Waals surface area contributed by atoms with Crippen LogP contribution in [0.25, 0.3) is 0 Å². The zero-order chi connectivity index (χ0) is 9.45. The number of halogens is 2. The van der Waals surface area contributed by atoms with Gasteiger partial charge in [0.15, 0.2) is 0 Å². The highest BCUT2D eigenvalue weighted by molar-refractivity contribution is 14.1. The van der Waals surface area contributed by atoms with Crippen LogP contribution in [-0.4, -0.2) is 6.61 Å². The third kappa shape index (κ3) is 6.09. The van der Waals surface area contributed by atoms with Crippen molar-refractivity contribution in [2.45, 2.75) is 26.2 Å². The molecule has 0 bridgehead atoms. The number of unbranched alkanes of at least 4 members (excludes halogenated alkanes) is 2. The van der Waals surface area contributed by atoms with Crippen molar-refractivity contribution in [3.05, 3.63) is 0 Å². The molecular formula is C5H11I2O4P. The summed E-state index contributed by atoms with van der Waals surface area (Å²) in [4.78, 5) is 0. The van der Waals surface area contributed by atoms with E-state index in [9.17, 15) is 4.57 Å². The van der Waals surface area contributed by atoms with E-state index in [-0.39, 0.29) is 0 Å². The van der Waals surface area contributed by atoms with Crippen molar-refractivity contribution >= 4 is 53.8 Å². The average Bonchev–Trinajstić information content (AvgIpc) is 2.12. The molecule has 0 saturated heterocycles. The van der Waals surface area contributed by atoms with E-state index in [1.807, 2.05) is 0 Å². The van der Waals surface area contributed by atoms with Crippen LogP contribution in [0, 0.1) is 0 Å².